The van der Waals surface area contributed by atoms with Gasteiger partial charge in [-0.05, 0) is 30.5 Å². The number of nitrogens with zero attached hydrogens (tertiary/aromatic N) is 1. The van der Waals surface area contributed by atoms with E-state index in [1.54, 1.807) is 24.3 Å². The van der Waals surface area contributed by atoms with E-state index < -0.39 is 12.1 Å². The van der Waals surface area contributed by atoms with Crippen LogP contribution in [0.2, 0.25) is 0 Å². The zero-order valence-corrected chi connectivity index (χ0v) is 15.0. The van der Waals surface area contributed by atoms with E-state index in [1.807, 2.05) is 17.5 Å². The van der Waals surface area contributed by atoms with Gasteiger partial charge in [-0.3, -0.25) is 19.3 Å². The summed E-state index contributed by atoms with van der Waals surface area (Å²) in [6.07, 6.45) is -0.950. The summed E-state index contributed by atoms with van der Waals surface area (Å²) in [5.74, 6) is -0.855. The van der Waals surface area contributed by atoms with Gasteiger partial charge in [0.15, 0.2) is 12.7 Å². The molecule has 1 unspecified atom stereocenters. The molecule has 0 fully saturated rings. The van der Waals surface area contributed by atoms with Crippen LogP contribution in [0.25, 0.3) is 0 Å². The van der Waals surface area contributed by atoms with Crippen molar-refractivity contribution in [3.05, 3.63) is 46.7 Å². The standard InChI is InChI=1S/C18H18N2O5S/c1-12(18(23)19-9-13-5-4-8-26-13)25-17(22)10-20-14-6-2-3-7-15(14)24-11-16(20)21/h2-8,12H,9-11H2,1H3,(H,19,23). The lowest BCUT2D eigenvalue weighted by Gasteiger charge is -2.28. The van der Waals surface area contributed by atoms with Crippen molar-refractivity contribution in [3.63, 3.8) is 0 Å². The Labute approximate surface area is 154 Å². The summed E-state index contributed by atoms with van der Waals surface area (Å²) in [4.78, 5) is 38.6. The molecule has 0 saturated carbocycles. The number of fused-ring (bicyclic) bond motifs is 1. The first-order valence-electron chi connectivity index (χ1n) is 8.06. The number of rotatable bonds is 6. The molecule has 2 aromatic rings. The Bertz CT molecular complexity index is 806. The minimum Gasteiger partial charge on any atom is -0.482 e. The minimum atomic E-state index is -0.950. The van der Waals surface area contributed by atoms with Crippen LogP contribution in [0.3, 0.4) is 0 Å². The van der Waals surface area contributed by atoms with Crippen molar-refractivity contribution in [2.24, 2.45) is 0 Å². The number of benzene rings is 1. The molecule has 7 nitrogen and oxygen atoms in total. The smallest absolute Gasteiger partial charge is 0.326 e. The van der Waals surface area contributed by atoms with Crippen molar-refractivity contribution in [1.29, 1.82) is 0 Å². The molecule has 1 aliphatic heterocycles. The van der Waals surface area contributed by atoms with Gasteiger partial charge in [0.05, 0.1) is 12.2 Å². The Hall–Kier alpha value is -2.87. The predicted molar refractivity (Wildman–Crippen MR) is 96.0 cm³/mol. The first-order valence-corrected chi connectivity index (χ1v) is 8.94. The van der Waals surface area contributed by atoms with E-state index in [2.05, 4.69) is 5.32 Å². The molecule has 1 N–H and O–H groups in total. The van der Waals surface area contributed by atoms with E-state index in [0.717, 1.165) is 4.88 Å². The van der Waals surface area contributed by atoms with Crippen molar-refractivity contribution < 1.29 is 23.9 Å². The maximum absolute atomic E-state index is 12.2. The number of para-hydroxylation sites is 2. The topological polar surface area (TPSA) is 84.9 Å². The zero-order valence-electron chi connectivity index (χ0n) is 14.1. The lowest BCUT2D eigenvalue weighted by molar-refractivity contribution is -0.154. The SMILES string of the molecule is CC(OC(=O)CN1C(=O)COc2ccccc21)C(=O)NCc1cccs1. The number of hydrogen-bond donors (Lipinski definition) is 1. The fourth-order valence-electron chi connectivity index (χ4n) is 2.48. The highest BCUT2D eigenvalue weighted by Gasteiger charge is 2.28. The van der Waals surface area contributed by atoms with Gasteiger partial charge in [-0.25, -0.2) is 0 Å². The molecular weight excluding hydrogens is 356 g/mol. The molecule has 0 bridgehead atoms. The first-order chi connectivity index (χ1) is 12.5. The highest BCUT2D eigenvalue weighted by Crippen LogP contribution is 2.31. The van der Waals surface area contributed by atoms with Crippen LogP contribution in [0.5, 0.6) is 5.75 Å². The lowest BCUT2D eigenvalue weighted by Crippen LogP contribution is -2.44. The molecular formula is C18H18N2O5S. The van der Waals surface area contributed by atoms with E-state index >= 15 is 0 Å². The summed E-state index contributed by atoms with van der Waals surface area (Å²) in [7, 11) is 0. The highest BCUT2D eigenvalue weighted by molar-refractivity contribution is 7.09. The van der Waals surface area contributed by atoms with Crippen LogP contribution in [0.15, 0.2) is 41.8 Å². The molecule has 0 spiro atoms. The van der Waals surface area contributed by atoms with E-state index in [9.17, 15) is 14.4 Å². The molecule has 0 aliphatic carbocycles. The van der Waals surface area contributed by atoms with Gasteiger partial charge >= 0.3 is 5.97 Å². The number of ether oxygens (including phenoxy) is 2. The maximum atomic E-state index is 12.2. The first kappa shape index (κ1) is 17.9. The molecule has 26 heavy (non-hydrogen) atoms. The molecule has 2 heterocycles. The van der Waals surface area contributed by atoms with Gasteiger partial charge in [-0.1, -0.05) is 18.2 Å². The Morgan fingerprint density at radius 2 is 2.12 bits per heavy atom. The molecule has 8 heteroatoms. The number of nitrogens with one attached hydrogen (secondary N) is 1. The molecule has 1 aromatic carbocycles. The average molecular weight is 374 g/mol. The number of esters is 1. The summed E-state index contributed by atoms with van der Waals surface area (Å²) in [5, 5.41) is 4.63. The van der Waals surface area contributed by atoms with E-state index in [4.69, 9.17) is 9.47 Å². The Morgan fingerprint density at radius 1 is 1.31 bits per heavy atom. The van der Waals surface area contributed by atoms with Crippen molar-refractivity contribution in [1.82, 2.24) is 5.32 Å². The summed E-state index contributed by atoms with van der Waals surface area (Å²) in [5.41, 5.74) is 0.510. The second-order valence-electron chi connectivity index (χ2n) is 5.67. The van der Waals surface area contributed by atoms with Crippen molar-refractivity contribution >= 4 is 34.8 Å². The Kier molecular flexibility index (Phi) is 5.52. The molecule has 136 valence electrons. The van der Waals surface area contributed by atoms with Gasteiger partial charge in [0, 0.05) is 4.88 Å². The fraction of sp³-hybridized carbons (Fsp3) is 0.278. The summed E-state index contributed by atoms with van der Waals surface area (Å²) in [6.45, 7) is 1.47. The van der Waals surface area contributed by atoms with Gasteiger partial charge < -0.3 is 14.8 Å². The quantitative estimate of drug-likeness (QED) is 0.779. The fourth-order valence-corrected chi connectivity index (χ4v) is 3.12. The van der Waals surface area contributed by atoms with Crippen LogP contribution in [-0.4, -0.2) is 37.0 Å². The molecule has 0 saturated heterocycles. The van der Waals surface area contributed by atoms with Crippen molar-refractivity contribution in [3.8, 4) is 5.75 Å². The molecule has 0 radical (unpaired) electrons. The largest absolute Gasteiger partial charge is 0.482 e. The third kappa shape index (κ3) is 4.20. The second-order valence-corrected chi connectivity index (χ2v) is 6.70. The van der Waals surface area contributed by atoms with Gasteiger partial charge in [0.25, 0.3) is 11.8 Å². The van der Waals surface area contributed by atoms with E-state index in [0.29, 0.717) is 18.0 Å². The van der Waals surface area contributed by atoms with E-state index in [1.165, 1.54) is 23.2 Å². The number of carbonyl (C=O) groups excluding carboxylic acids is 3. The second kappa shape index (κ2) is 8.01. The highest BCUT2D eigenvalue weighted by atomic mass is 32.1. The number of anilines is 1. The number of carbonyl (C=O) groups is 3. The molecule has 1 aromatic heterocycles. The zero-order chi connectivity index (χ0) is 18.5. The van der Waals surface area contributed by atoms with Crippen LogP contribution in [0, 0.1) is 0 Å². The van der Waals surface area contributed by atoms with E-state index in [-0.39, 0.29) is 25.0 Å². The Morgan fingerprint density at radius 3 is 2.88 bits per heavy atom. The Balaban J connectivity index is 1.55. The summed E-state index contributed by atoms with van der Waals surface area (Å²) < 4.78 is 10.5. The summed E-state index contributed by atoms with van der Waals surface area (Å²) in [6, 6.07) is 10.7. The van der Waals surface area contributed by atoms with Crippen LogP contribution < -0.4 is 15.0 Å². The number of amides is 2. The van der Waals surface area contributed by atoms with Gasteiger partial charge in [-0.2, -0.15) is 0 Å². The van der Waals surface area contributed by atoms with Crippen LogP contribution in [0.4, 0.5) is 5.69 Å². The number of hydrogen-bond acceptors (Lipinski definition) is 6. The third-order valence-electron chi connectivity index (χ3n) is 3.79. The third-order valence-corrected chi connectivity index (χ3v) is 4.67. The van der Waals surface area contributed by atoms with Crippen molar-refractivity contribution in [2.75, 3.05) is 18.1 Å². The molecule has 1 aliphatic rings. The van der Waals surface area contributed by atoms with Crippen LogP contribution in [-0.2, 0) is 25.7 Å². The lowest BCUT2D eigenvalue weighted by atomic mass is 10.2. The number of thiophene rings is 1. The van der Waals surface area contributed by atoms with Gasteiger partial charge in [-0.15, -0.1) is 11.3 Å². The van der Waals surface area contributed by atoms with Crippen molar-refractivity contribution in [2.45, 2.75) is 19.6 Å². The molecule has 2 amide bonds. The maximum Gasteiger partial charge on any atom is 0.326 e. The van der Waals surface area contributed by atoms with Gasteiger partial charge in [0.1, 0.15) is 12.3 Å². The van der Waals surface area contributed by atoms with Crippen LogP contribution >= 0.6 is 11.3 Å². The monoisotopic (exact) mass is 374 g/mol. The normalized spacial score (nSPS) is 14.2. The predicted octanol–water partition coefficient (Wildman–Crippen LogP) is 1.72. The molecule has 1 atom stereocenters. The van der Waals surface area contributed by atoms with Gasteiger partial charge in [0.2, 0.25) is 0 Å². The van der Waals surface area contributed by atoms with Crippen LogP contribution in [0.1, 0.15) is 11.8 Å². The average Bonchev–Trinajstić information content (AvgIpc) is 3.15. The minimum absolute atomic E-state index is 0.138. The molecule has 3 rings (SSSR count). The summed E-state index contributed by atoms with van der Waals surface area (Å²) >= 11 is 1.53.